The van der Waals surface area contributed by atoms with E-state index in [0.717, 1.165) is 42.3 Å². The lowest BCUT2D eigenvalue weighted by atomic mass is 9.95. The molecule has 1 saturated carbocycles. The highest BCUT2D eigenvalue weighted by molar-refractivity contribution is 7.89. The van der Waals surface area contributed by atoms with E-state index in [1.165, 1.54) is 23.5 Å². The molecule has 7 nitrogen and oxygen atoms in total. The first kappa shape index (κ1) is 25.9. The van der Waals surface area contributed by atoms with Crippen LogP contribution in [0.3, 0.4) is 0 Å². The third-order valence-electron chi connectivity index (χ3n) is 6.71. The summed E-state index contributed by atoms with van der Waals surface area (Å²) < 4.78 is 34.8. The van der Waals surface area contributed by atoms with Crippen molar-refractivity contribution in [2.24, 2.45) is 0 Å². The minimum atomic E-state index is -3.66. The van der Waals surface area contributed by atoms with Gasteiger partial charge in [-0.25, -0.2) is 13.4 Å². The van der Waals surface area contributed by atoms with Gasteiger partial charge in [0.25, 0.3) is 5.91 Å². The molecule has 0 radical (unpaired) electrons. The predicted molar refractivity (Wildman–Crippen MR) is 147 cm³/mol. The molecule has 1 aliphatic carbocycles. The highest BCUT2D eigenvalue weighted by atomic mass is 35.5. The number of carbonyl (C=O) groups excluding carboxylic acids is 1. The average molecular weight is 558 g/mol. The second kappa shape index (κ2) is 10.9. The molecule has 10 heteroatoms. The van der Waals surface area contributed by atoms with E-state index in [-0.39, 0.29) is 23.4 Å². The predicted octanol–water partition coefficient (Wildman–Crippen LogP) is 6.73. The highest BCUT2D eigenvalue weighted by Crippen LogP contribution is 2.33. The van der Waals surface area contributed by atoms with E-state index in [0.29, 0.717) is 28.0 Å². The topological polar surface area (TPSA) is 83.7 Å². The van der Waals surface area contributed by atoms with Crippen LogP contribution in [0.4, 0.5) is 5.13 Å². The fourth-order valence-corrected chi connectivity index (χ4v) is 7.77. The molecule has 5 rings (SSSR count). The van der Waals surface area contributed by atoms with Crippen LogP contribution in [-0.2, 0) is 16.6 Å². The average Bonchev–Trinajstić information content (AvgIpc) is 3.57. The molecule has 4 aromatic rings. The van der Waals surface area contributed by atoms with Gasteiger partial charge in [-0.1, -0.05) is 49.1 Å². The number of halogens is 1. The fraction of sp³-hybridized carbons (Fsp3) is 0.333. The smallest absolute Gasteiger partial charge is 0.260 e. The summed E-state index contributed by atoms with van der Waals surface area (Å²) >= 11 is 7.51. The zero-order chi connectivity index (χ0) is 26.0. The summed E-state index contributed by atoms with van der Waals surface area (Å²) in [6, 6.07) is 15.2. The van der Waals surface area contributed by atoms with Gasteiger partial charge in [0.1, 0.15) is 5.76 Å². The van der Waals surface area contributed by atoms with Crippen LogP contribution in [0, 0.1) is 0 Å². The summed E-state index contributed by atoms with van der Waals surface area (Å²) in [6.45, 7) is 2.48. The van der Waals surface area contributed by atoms with Crippen molar-refractivity contribution in [3.05, 3.63) is 77.2 Å². The Balaban J connectivity index is 1.44. The molecule has 0 N–H and O–H groups in total. The molecule has 0 aliphatic heterocycles. The summed E-state index contributed by atoms with van der Waals surface area (Å²) in [6.07, 6.45) is 6.58. The lowest BCUT2D eigenvalue weighted by Crippen LogP contribution is -2.41. The number of hydrogen-bond acceptors (Lipinski definition) is 6. The molecule has 1 fully saturated rings. The van der Waals surface area contributed by atoms with Gasteiger partial charge in [-0.05, 0) is 67.4 Å². The quantitative estimate of drug-likeness (QED) is 0.240. The van der Waals surface area contributed by atoms with Gasteiger partial charge >= 0.3 is 0 Å². The van der Waals surface area contributed by atoms with Gasteiger partial charge in [-0.3, -0.25) is 9.69 Å². The molecule has 2 heterocycles. The summed E-state index contributed by atoms with van der Waals surface area (Å²) in [7, 11) is -3.66. The van der Waals surface area contributed by atoms with Gasteiger partial charge in [0.15, 0.2) is 5.13 Å². The van der Waals surface area contributed by atoms with Crippen molar-refractivity contribution in [3.8, 4) is 0 Å². The van der Waals surface area contributed by atoms with E-state index < -0.39 is 10.0 Å². The Morgan fingerprint density at radius 2 is 1.86 bits per heavy atom. The molecule has 1 aliphatic rings. The van der Waals surface area contributed by atoms with Crippen LogP contribution in [-0.4, -0.2) is 36.2 Å². The number of furan rings is 1. The van der Waals surface area contributed by atoms with Crippen molar-refractivity contribution in [1.29, 1.82) is 0 Å². The van der Waals surface area contributed by atoms with Gasteiger partial charge < -0.3 is 4.42 Å². The number of thiazole rings is 1. The maximum atomic E-state index is 13.7. The van der Waals surface area contributed by atoms with E-state index in [1.807, 2.05) is 19.1 Å². The van der Waals surface area contributed by atoms with Crippen molar-refractivity contribution in [1.82, 2.24) is 9.29 Å². The Kier molecular flexibility index (Phi) is 7.67. The van der Waals surface area contributed by atoms with E-state index in [9.17, 15) is 13.2 Å². The molecule has 2 aromatic heterocycles. The normalized spacial score (nSPS) is 14.9. The van der Waals surface area contributed by atoms with Crippen LogP contribution in [0.2, 0.25) is 5.02 Å². The number of rotatable bonds is 8. The third kappa shape index (κ3) is 5.45. The molecule has 0 saturated heterocycles. The third-order valence-corrected chi connectivity index (χ3v) is 10.0. The highest BCUT2D eigenvalue weighted by Gasteiger charge is 2.31. The van der Waals surface area contributed by atoms with Crippen molar-refractivity contribution < 1.29 is 17.6 Å². The maximum absolute atomic E-state index is 13.7. The van der Waals surface area contributed by atoms with Gasteiger partial charge in [-0.15, -0.1) is 0 Å². The van der Waals surface area contributed by atoms with Crippen molar-refractivity contribution in [3.63, 3.8) is 0 Å². The SMILES string of the molecule is CCN(C1CCCCC1)S(=O)(=O)c1ccc(C(=O)N(Cc2ccco2)c2nc3ccc(Cl)cc3s2)cc1. The Morgan fingerprint density at radius 1 is 1.11 bits per heavy atom. The van der Waals surface area contributed by atoms with Crippen LogP contribution in [0.1, 0.15) is 55.1 Å². The standard InChI is InChI=1S/C27H28ClN3O4S2/c1-2-31(21-7-4-3-5-8-21)37(33,34)23-13-10-19(11-14-23)26(32)30(18-22-9-6-16-35-22)27-29-24-15-12-20(28)17-25(24)36-27/h6,9-17,21H,2-5,7-8,18H2,1H3. The van der Waals surface area contributed by atoms with Crippen LogP contribution in [0.25, 0.3) is 10.2 Å². The molecule has 0 spiro atoms. The van der Waals surface area contributed by atoms with Gasteiger partial charge in [0.2, 0.25) is 10.0 Å². The molecule has 0 atom stereocenters. The van der Waals surface area contributed by atoms with Crippen LogP contribution in [0.15, 0.2) is 70.2 Å². The lowest BCUT2D eigenvalue weighted by Gasteiger charge is -2.32. The largest absolute Gasteiger partial charge is 0.467 e. The molecule has 0 unspecified atom stereocenters. The van der Waals surface area contributed by atoms with E-state index in [1.54, 1.807) is 45.8 Å². The molecule has 194 valence electrons. The molecule has 0 bridgehead atoms. The molecular weight excluding hydrogens is 530 g/mol. The minimum absolute atomic E-state index is 0.0291. The monoisotopic (exact) mass is 557 g/mol. The first-order chi connectivity index (χ1) is 17.9. The first-order valence-corrected chi connectivity index (χ1v) is 15.0. The zero-order valence-corrected chi connectivity index (χ0v) is 22.9. The second-order valence-corrected chi connectivity index (χ2v) is 12.4. The van der Waals surface area contributed by atoms with Gasteiger partial charge in [0.05, 0.1) is 27.9 Å². The number of anilines is 1. The first-order valence-electron chi connectivity index (χ1n) is 12.4. The van der Waals surface area contributed by atoms with Gasteiger partial charge in [0, 0.05) is 23.2 Å². The number of carbonyl (C=O) groups is 1. The van der Waals surface area contributed by atoms with Crippen molar-refractivity contribution in [2.45, 2.75) is 56.5 Å². The summed E-state index contributed by atoms with van der Waals surface area (Å²) in [4.78, 5) is 20.1. The minimum Gasteiger partial charge on any atom is -0.467 e. The zero-order valence-electron chi connectivity index (χ0n) is 20.5. The number of hydrogen-bond donors (Lipinski definition) is 0. The van der Waals surface area contributed by atoms with E-state index in [4.69, 9.17) is 16.0 Å². The maximum Gasteiger partial charge on any atom is 0.260 e. The van der Waals surface area contributed by atoms with Crippen molar-refractivity contribution in [2.75, 3.05) is 11.4 Å². The Morgan fingerprint density at radius 3 is 2.54 bits per heavy atom. The Labute approximate surface area is 225 Å². The number of aromatic nitrogens is 1. The van der Waals surface area contributed by atoms with Crippen molar-refractivity contribution >= 4 is 54.2 Å². The number of nitrogens with zero attached hydrogens (tertiary/aromatic N) is 3. The Hall–Kier alpha value is -2.72. The second-order valence-electron chi connectivity index (χ2n) is 9.10. The Bertz CT molecular complexity index is 1480. The molecule has 37 heavy (non-hydrogen) atoms. The number of amides is 1. The number of fused-ring (bicyclic) bond motifs is 1. The summed E-state index contributed by atoms with van der Waals surface area (Å²) in [5, 5.41) is 1.10. The molecule has 1 amide bonds. The van der Waals surface area contributed by atoms with Crippen LogP contribution >= 0.6 is 22.9 Å². The molecular formula is C27H28ClN3O4S2. The van der Waals surface area contributed by atoms with E-state index >= 15 is 0 Å². The fourth-order valence-electron chi connectivity index (χ4n) is 4.84. The number of sulfonamides is 1. The summed E-state index contributed by atoms with van der Waals surface area (Å²) in [5.41, 5.74) is 1.11. The van der Waals surface area contributed by atoms with Crippen LogP contribution < -0.4 is 4.90 Å². The van der Waals surface area contributed by atoms with Crippen LogP contribution in [0.5, 0.6) is 0 Å². The number of benzene rings is 2. The van der Waals surface area contributed by atoms with E-state index in [2.05, 4.69) is 4.98 Å². The van der Waals surface area contributed by atoms with Gasteiger partial charge in [-0.2, -0.15) is 4.31 Å². The lowest BCUT2D eigenvalue weighted by molar-refractivity contribution is 0.0983. The summed E-state index contributed by atoms with van der Waals surface area (Å²) in [5.74, 6) is 0.307. The molecule has 2 aromatic carbocycles.